The van der Waals surface area contributed by atoms with E-state index in [1.54, 1.807) is 16.7 Å². The fraction of sp³-hybridized carbons (Fsp3) is 0.800. The zero-order valence-electron chi connectivity index (χ0n) is 9.02. The quantitative estimate of drug-likeness (QED) is 0.665. The van der Waals surface area contributed by atoms with Crippen molar-refractivity contribution >= 4 is 24.0 Å². The second-order valence-corrected chi connectivity index (χ2v) is 5.10. The maximum Gasteiger partial charge on any atom is 0.235 e. The average molecular weight is 230 g/mol. The molecule has 1 rings (SSSR count). The fourth-order valence-corrected chi connectivity index (χ4v) is 2.66. The molecule has 0 saturated carbocycles. The number of nitrogens with two attached hydrogens (primary N) is 1. The third-order valence-electron chi connectivity index (χ3n) is 2.33. The Bertz CT molecular complexity index is 233. The molecule has 1 heterocycles. The van der Waals surface area contributed by atoms with Gasteiger partial charge >= 0.3 is 0 Å². The van der Waals surface area contributed by atoms with Gasteiger partial charge in [-0.2, -0.15) is 0 Å². The summed E-state index contributed by atoms with van der Waals surface area (Å²) in [5.41, 5.74) is 5.64. The van der Waals surface area contributed by atoms with Gasteiger partial charge in [0.05, 0.1) is 5.25 Å². The first-order chi connectivity index (χ1) is 7.15. The van der Waals surface area contributed by atoms with Gasteiger partial charge in [-0.1, -0.05) is 0 Å². The lowest BCUT2D eigenvalue weighted by molar-refractivity contribution is -0.127. The summed E-state index contributed by atoms with van der Waals surface area (Å²) in [6.07, 6.45) is 2.18. The van der Waals surface area contributed by atoms with Crippen LogP contribution < -0.4 is 5.73 Å². The van der Waals surface area contributed by atoms with Gasteiger partial charge in [0, 0.05) is 31.3 Å². The van der Waals surface area contributed by atoms with E-state index in [1.165, 1.54) is 0 Å². The van der Waals surface area contributed by atoms with Crippen LogP contribution in [0.3, 0.4) is 0 Å². The van der Waals surface area contributed by atoms with Gasteiger partial charge in [0.2, 0.25) is 5.91 Å². The Balaban J connectivity index is 2.31. The van der Waals surface area contributed by atoms with E-state index < -0.39 is 0 Å². The van der Waals surface area contributed by atoms with Crippen molar-refractivity contribution in [3.8, 4) is 0 Å². The standard InChI is InChI=1S/C10H18N2O2S/c1-8(11)7-15-9-3-5-12(10(9)14)4-2-6-13/h6,8-9H,2-5,7,11H2,1H3. The normalized spacial score (nSPS) is 23.2. The topological polar surface area (TPSA) is 63.4 Å². The van der Waals surface area contributed by atoms with Crippen LogP contribution in [0.1, 0.15) is 19.8 Å². The summed E-state index contributed by atoms with van der Waals surface area (Å²) in [5.74, 6) is 0.986. The van der Waals surface area contributed by atoms with Crippen LogP contribution >= 0.6 is 11.8 Å². The summed E-state index contributed by atoms with van der Waals surface area (Å²) in [5, 5.41) is 0.0580. The average Bonchev–Trinajstić information content (AvgIpc) is 2.54. The Hall–Kier alpha value is -0.550. The van der Waals surface area contributed by atoms with Crippen LogP contribution in [0, 0.1) is 0 Å². The predicted octanol–water partition coefficient (Wildman–Crippen LogP) is 0.257. The summed E-state index contributed by atoms with van der Waals surface area (Å²) in [6.45, 7) is 3.29. The lowest BCUT2D eigenvalue weighted by Crippen LogP contribution is -2.30. The lowest BCUT2D eigenvalue weighted by atomic mass is 10.4. The molecule has 1 aliphatic heterocycles. The van der Waals surface area contributed by atoms with Gasteiger partial charge < -0.3 is 15.4 Å². The molecule has 0 aromatic carbocycles. The summed E-state index contributed by atoms with van der Waals surface area (Å²) in [6, 6.07) is 0.131. The van der Waals surface area contributed by atoms with Crippen LogP contribution in [0.4, 0.5) is 0 Å². The molecule has 1 saturated heterocycles. The molecule has 0 aromatic heterocycles. The zero-order chi connectivity index (χ0) is 11.3. The predicted molar refractivity (Wildman–Crippen MR) is 61.8 cm³/mol. The molecule has 5 heteroatoms. The number of carbonyl (C=O) groups excluding carboxylic acids is 2. The van der Waals surface area contributed by atoms with Crippen LogP contribution in [-0.2, 0) is 9.59 Å². The third-order valence-corrected chi connectivity index (χ3v) is 3.88. The molecule has 4 nitrogen and oxygen atoms in total. The highest BCUT2D eigenvalue weighted by Crippen LogP contribution is 2.24. The van der Waals surface area contributed by atoms with Crippen molar-refractivity contribution in [3.05, 3.63) is 0 Å². The molecule has 86 valence electrons. The maximum absolute atomic E-state index is 11.8. The number of thioether (sulfide) groups is 1. The van der Waals surface area contributed by atoms with Crippen molar-refractivity contribution in [2.75, 3.05) is 18.8 Å². The number of nitrogens with zero attached hydrogens (tertiary/aromatic N) is 1. The third kappa shape index (κ3) is 3.83. The molecule has 2 atom stereocenters. The van der Waals surface area contributed by atoms with Crippen molar-refractivity contribution in [3.63, 3.8) is 0 Å². The number of rotatable bonds is 6. The van der Waals surface area contributed by atoms with Gasteiger partial charge in [-0.15, -0.1) is 11.8 Å². The summed E-state index contributed by atoms with van der Waals surface area (Å²) < 4.78 is 0. The molecule has 0 radical (unpaired) electrons. The first-order valence-corrected chi connectivity index (χ1v) is 6.29. The Morgan fingerprint density at radius 3 is 3.07 bits per heavy atom. The van der Waals surface area contributed by atoms with Gasteiger partial charge in [0.15, 0.2) is 0 Å². The highest BCUT2D eigenvalue weighted by molar-refractivity contribution is 8.00. The maximum atomic E-state index is 11.8. The van der Waals surface area contributed by atoms with E-state index in [2.05, 4.69) is 0 Å². The molecular formula is C10H18N2O2S. The van der Waals surface area contributed by atoms with Crippen molar-refractivity contribution in [2.45, 2.75) is 31.1 Å². The molecule has 15 heavy (non-hydrogen) atoms. The Morgan fingerprint density at radius 2 is 2.47 bits per heavy atom. The van der Waals surface area contributed by atoms with Crippen molar-refractivity contribution in [2.24, 2.45) is 5.73 Å². The molecule has 2 unspecified atom stereocenters. The van der Waals surface area contributed by atoms with E-state index in [1.807, 2.05) is 6.92 Å². The molecule has 0 bridgehead atoms. The highest BCUT2D eigenvalue weighted by Gasteiger charge is 2.31. The second kappa shape index (κ2) is 6.12. The molecule has 0 spiro atoms. The van der Waals surface area contributed by atoms with E-state index in [0.717, 1.165) is 25.0 Å². The van der Waals surface area contributed by atoms with Crippen LogP contribution in [-0.4, -0.2) is 47.2 Å². The van der Waals surface area contributed by atoms with Crippen LogP contribution in [0.15, 0.2) is 0 Å². The summed E-state index contributed by atoms with van der Waals surface area (Å²) in [4.78, 5) is 23.7. The zero-order valence-corrected chi connectivity index (χ0v) is 9.83. The minimum Gasteiger partial charge on any atom is -0.341 e. The first-order valence-electron chi connectivity index (χ1n) is 5.24. The molecule has 2 N–H and O–H groups in total. The first kappa shape index (κ1) is 12.5. The monoisotopic (exact) mass is 230 g/mol. The van der Waals surface area contributed by atoms with E-state index in [9.17, 15) is 9.59 Å². The number of hydrogen-bond acceptors (Lipinski definition) is 4. The van der Waals surface area contributed by atoms with Gasteiger partial charge in [-0.25, -0.2) is 0 Å². The Labute approximate surface area is 94.6 Å². The minimum atomic E-state index is 0.0580. The van der Waals surface area contributed by atoms with E-state index >= 15 is 0 Å². The molecule has 1 aliphatic rings. The number of amides is 1. The summed E-state index contributed by atoms with van der Waals surface area (Å²) in [7, 11) is 0. The van der Waals surface area contributed by atoms with Gasteiger partial charge in [0.25, 0.3) is 0 Å². The molecule has 0 aromatic rings. The molecular weight excluding hydrogens is 212 g/mol. The highest BCUT2D eigenvalue weighted by atomic mass is 32.2. The Kier molecular flexibility index (Phi) is 5.11. The fourth-order valence-electron chi connectivity index (χ4n) is 1.56. The van der Waals surface area contributed by atoms with Crippen LogP contribution in [0.2, 0.25) is 0 Å². The largest absolute Gasteiger partial charge is 0.341 e. The van der Waals surface area contributed by atoms with Gasteiger partial charge in [-0.3, -0.25) is 4.79 Å². The SMILES string of the molecule is CC(N)CSC1CCN(CCC=O)C1=O. The minimum absolute atomic E-state index is 0.0580. The van der Waals surface area contributed by atoms with Crippen molar-refractivity contribution < 1.29 is 9.59 Å². The van der Waals surface area contributed by atoms with Crippen molar-refractivity contribution in [1.29, 1.82) is 0 Å². The number of aldehydes is 1. The van der Waals surface area contributed by atoms with Crippen LogP contribution in [0.5, 0.6) is 0 Å². The molecule has 1 amide bonds. The second-order valence-electron chi connectivity index (χ2n) is 3.87. The van der Waals surface area contributed by atoms with Gasteiger partial charge in [0.1, 0.15) is 6.29 Å². The van der Waals surface area contributed by atoms with Crippen molar-refractivity contribution in [1.82, 2.24) is 4.90 Å². The number of hydrogen-bond donors (Lipinski definition) is 1. The van der Waals surface area contributed by atoms with Gasteiger partial charge in [-0.05, 0) is 13.3 Å². The Morgan fingerprint density at radius 1 is 1.73 bits per heavy atom. The van der Waals surface area contributed by atoms with E-state index in [4.69, 9.17) is 5.73 Å². The summed E-state index contributed by atoms with van der Waals surface area (Å²) >= 11 is 1.63. The number of likely N-dealkylation sites (tertiary alicyclic amines) is 1. The van der Waals surface area contributed by atoms with E-state index in [-0.39, 0.29) is 17.2 Å². The van der Waals surface area contributed by atoms with E-state index in [0.29, 0.717) is 13.0 Å². The smallest absolute Gasteiger partial charge is 0.235 e. The molecule has 0 aliphatic carbocycles. The number of carbonyl (C=O) groups is 2. The molecule has 1 fully saturated rings. The lowest BCUT2D eigenvalue weighted by Gasteiger charge is -2.15. The van der Waals surface area contributed by atoms with Crippen LogP contribution in [0.25, 0.3) is 0 Å².